The minimum Gasteiger partial charge on any atom is -0.348 e. The number of amides is 1. The van der Waals surface area contributed by atoms with Crippen LogP contribution < -0.4 is 10.9 Å². The summed E-state index contributed by atoms with van der Waals surface area (Å²) in [6.07, 6.45) is 4.56. The molecule has 3 rings (SSSR count). The number of hydrogen-bond acceptors (Lipinski definition) is 5. The van der Waals surface area contributed by atoms with E-state index in [-0.39, 0.29) is 22.3 Å². The average Bonchev–Trinajstić information content (AvgIpc) is 3.02. The van der Waals surface area contributed by atoms with Gasteiger partial charge in [0, 0.05) is 30.5 Å². The summed E-state index contributed by atoms with van der Waals surface area (Å²) in [6.45, 7) is 2.23. The van der Waals surface area contributed by atoms with Gasteiger partial charge >= 0.3 is 0 Å². The number of carbonyl (C=O) groups is 1. The second-order valence-corrected chi connectivity index (χ2v) is 5.47. The van der Waals surface area contributed by atoms with Crippen LogP contribution in [0.3, 0.4) is 0 Å². The molecule has 0 radical (unpaired) electrons. The lowest BCUT2D eigenvalue weighted by Gasteiger charge is -2.16. The molecule has 9 heteroatoms. The standard InChI is InChI=1S/C14H14N6O2S/c1-8(18-12(21)9-2-4-15-5-3-9)6-20-11-10(16-7-17-11)13(22)19-14(20)23/h2-5,7-8H,6H2,1H3,(H,16,17)(H,18,21)(H,19,22,23). The van der Waals surface area contributed by atoms with E-state index in [4.69, 9.17) is 12.2 Å². The monoisotopic (exact) mass is 330 g/mol. The third kappa shape index (κ3) is 3.04. The molecule has 0 bridgehead atoms. The van der Waals surface area contributed by atoms with Gasteiger partial charge in [-0.05, 0) is 31.3 Å². The van der Waals surface area contributed by atoms with Gasteiger partial charge in [-0.25, -0.2) is 4.98 Å². The van der Waals surface area contributed by atoms with E-state index in [2.05, 4.69) is 25.3 Å². The number of carbonyl (C=O) groups excluding carboxylic acids is 1. The van der Waals surface area contributed by atoms with Crippen LogP contribution in [0.5, 0.6) is 0 Å². The predicted molar refractivity (Wildman–Crippen MR) is 86.7 cm³/mol. The van der Waals surface area contributed by atoms with Crippen molar-refractivity contribution in [3.8, 4) is 0 Å². The molecule has 3 N–H and O–H groups in total. The van der Waals surface area contributed by atoms with E-state index >= 15 is 0 Å². The third-order valence-corrected chi connectivity index (χ3v) is 3.67. The average molecular weight is 330 g/mol. The molecule has 3 aromatic heterocycles. The fourth-order valence-corrected chi connectivity index (χ4v) is 2.54. The number of H-pyrrole nitrogens is 2. The van der Waals surface area contributed by atoms with Gasteiger partial charge in [0.25, 0.3) is 11.5 Å². The summed E-state index contributed by atoms with van der Waals surface area (Å²) in [7, 11) is 0. The SMILES string of the molecule is CC(Cn1c(=S)[nH]c(=O)c2[nH]cnc21)NC(=O)c1ccncc1. The first-order valence-corrected chi connectivity index (χ1v) is 7.34. The van der Waals surface area contributed by atoms with Crippen LogP contribution in [-0.2, 0) is 6.54 Å². The molecular weight excluding hydrogens is 316 g/mol. The Labute approximate surface area is 135 Å². The summed E-state index contributed by atoms with van der Waals surface area (Å²) in [5.74, 6) is -0.200. The normalized spacial score (nSPS) is 12.2. The van der Waals surface area contributed by atoms with Crippen LogP contribution in [0.4, 0.5) is 0 Å². The summed E-state index contributed by atoms with van der Waals surface area (Å²) < 4.78 is 1.94. The van der Waals surface area contributed by atoms with Crippen LogP contribution in [0.2, 0.25) is 0 Å². The van der Waals surface area contributed by atoms with Gasteiger partial charge in [0.15, 0.2) is 10.4 Å². The molecule has 1 amide bonds. The van der Waals surface area contributed by atoms with Crippen molar-refractivity contribution >= 4 is 29.3 Å². The van der Waals surface area contributed by atoms with Crippen molar-refractivity contribution in [3.63, 3.8) is 0 Å². The van der Waals surface area contributed by atoms with E-state index in [0.717, 1.165) is 0 Å². The number of rotatable bonds is 4. The smallest absolute Gasteiger partial charge is 0.277 e. The maximum atomic E-state index is 12.1. The van der Waals surface area contributed by atoms with Gasteiger partial charge < -0.3 is 10.3 Å². The molecule has 1 unspecified atom stereocenters. The largest absolute Gasteiger partial charge is 0.348 e. The summed E-state index contributed by atoms with van der Waals surface area (Å²) in [6, 6.07) is 3.06. The van der Waals surface area contributed by atoms with E-state index in [1.165, 1.54) is 6.33 Å². The Morgan fingerprint density at radius 2 is 2.17 bits per heavy atom. The van der Waals surface area contributed by atoms with Crippen LogP contribution in [0.15, 0.2) is 35.6 Å². The first kappa shape index (κ1) is 15.1. The lowest BCUT2D eigenvalue weighted by Crippen LogP contribution is -2.36. The van der Waals surface area contributed by atoms with Crippen molar-refractivity contribution in [2.75, 3.05) is 0 Å². The molecular formula is C14H14N6O2S. The van der Waals surface area contributed by atoms with Gasteiger partial charge in [-0.3, -0.25) is 24.1 Å². The van der Waals surface area contributed by atoms with Crippen molar-refractivity contribution in [1.29, 1.82) is 0 Å². The van der Waals surface area contributed by atoms with Crippen molar-refractivity contribution in [1.82, 2.24) is 29.8 Å². The quantitative estimate of drug-likeness (QED) is 0.618. The van der Waals surface area contributed by atoms with Crippen molar-refractivity contribution < 1.29 is 4.79 Å². The Morgan fingerprint density at radius 3 is 2.91 bits per heavy atom. The summed E-state index contributed by atoms with van der Waals surface area (Å²) in [5.41, 5.74) is 1.03. The minimum atomic E-state index is -0.313. The van der Waals surface area contributed by atoms with E-state index in [9.17, 15) is 9.59 Å². The number of nitrogens with zero attached hydrogens (tertiary/aromatic N) is 3. The van der Waals surface area contributed by atoms with E-state index < -0.39 is 0 Å². The van der Waals surface area contributed by atoms with Crippen molar-refractivity contribution in [3.05, 3.63) is 51.5 Å². The number of imidazole rings is 1. The highest BCUT2D eigenvalue weighted by Gasteiger charge is 2.13. The molecule has 0 aliphatic rings. The molecule has 118 valence electrons. The van der Waals surface area contributed by atoms with Crippen LogP contribution >= 0.6 is 12.2 Å². The summed E-state index contributed by atoms with van der Waals surface area (Å²) >= 11 is 5.19. The molecule has 0 fully saturated rings. The van der Waals surface area contributed by atoms with Gasteiger partial charge in [0.2, 0.25) is 0 Å². The number of aromatic nitrogens is 5. The highest BCUT2D eigenvalue weighted by Crippen LogP contribution is 2.06. The van der Waals surface area contributed by atoms with Gasteiger partial charge in [-0.2, -0.15) is 0 Å². The van der Waals surface area contributed by atoms with Crippen LogP contribution in [0.1, 0.15) is 17.3 Å². The highest BCUT2D eigenvalue weighted by molar-refractivity contribution is 7.71. The first-order chi connectivity index (χ1) is 11.1. The van der Waals surface area contributed by atoms with Gasteiger partial charge in [0.05, 0.1) is 6.33 Å². The zero-order valence-electron chi connectivity index (χ0n) is 12.2. The molecule has 3 heterocycles. The molecule has 1 atom stereocenters. The number of aromatic amines is 2. The number of nitrogens with one attached hydrogen (secondary N) is 3. The zero-order valence-corrected chi connectivity index (χ0v) is 13.1. The Morgan fingerprint density at radius 1 is 1.43 bits per heavy atom. The molecule has 0 aromatic carbocycles. The van der Waals surface area contributed by atoms with Crippen LogP contribution in [0, 0.1) is 4.77 Å². The fraction of sp³-hybridized carbons (Fsp3) is 0.214. The van der Waals surface area contributed by atoms with Gasteiger partial charge in [-0.15, -0.1) is 0 Å². The van der Waals surface area contributed by atoms with Gasteiger partial charge in [-0.1, -0.05) is 0 Å². The van der Waals surface area contributed by atoms with E-state index in [1.54, 1.807) is 29.1 Å². The summed E-state index contributed by atoms with van der Waals surface area (Å²) in [5, 5.41) is 2.88. The molecule has 3 aromatic rings. The highest BCUT2D eigenvalue weighted by atomic mass is 32.1. The number of hydrogen-bond donors (Lipinski definition) is 3. The second kappa shape index (κ2) is 6.13. The summed E-state index contributed by atoms with van der Waals surface area (Å²) in [4.78, 5) is 37.3. The molecule has 8 nitrogen and oxygen atoms in total. The Hall–Kier alpha value is -2.81. The third-order valence-electron chi connectivity index (χ3n) is 3.34. The lowest BCUT2D eigenvalue weighted by atomic mass is 10.2. The molecule has 0 aliphatic carbocycles. The van der Waals surface area contributed by atoms with E-state index in [1.807, 2.05) is 6.92 Å². The molecule has 0 aliphatic heterocycles. The topological polar surface area (TPSA) is 108 Å². The van der Waals surface area contributed by atoms with Crippen molar-refractivity contribution in [2.45, 2.75) is 19.5 Å². The minimum absolute atomic E-state index is 0.200. The second-order valence-electron chi connectivity index (χ2n) is 5.08. The maximum absolute atomic E-state index is 12.1. The van der Waals surface area contributed by atoms with E-state index in [0.29, 0.717) is 23.3 Å². The molecule has 0 spiro atoms. The van der Waals surface area contributed by atoms with Crippen LogP contribution in [0.25, 0.3) is 11.2 Å². The Kier molecular flexibility index (Phi) is 4.02. The number of fused-ring (bicyclic) bond motifs is 1. The molecule has 0 saturated heterocycles. The van der Waals surface area contributed by atoms with Gasteiger partial charge in [0.1, 0.15) is 5.52 Å². The maximum Gasteiger partial charge on any atom is 0.277 e. The van der Waals surface area contributed by atoms with Crippen molar-refractivity contribution in [2.24, 2.45) is 0 Å². The first-order valence-electron chi connectivity index (χ1n) is 6.93. The lowest BCUT2D eigenvalue weighted by molar-refractivity contribution is 0.0936. The molecule has 0 saturated carbocycles. The molecule has 23 heavy (non-hydrogen) atoms. The Bertz CT molecular complexity index is 959. The fourth-order valence-electron chi connectivity index (χ4n) is 2.28. The number of pyridine rings is 1. The zero-order chi connectivity index (χ0) is 16.4. The predicted octanol–water partition coefficient (Wildman–Crippen LogP) is 0.996. The van der Waals surface area contributed by atoms with Crippen LogP contribution in [-0.4, -0.2) is 36.5 Å². The Balaban J connectivity index is 1.82.